The van der Waals surface area contributed by atoms with Gasteiger partial charge < -0.3 is 4.74 Å². The van der Waals surface area contributed by atoms with Crippen molar-refractivity contribution in [2.45, 2.75) is 23.6 Å². The highest BCUT2D eigenvalue weighted by atomic mass is 32.3. The second-order valence-corrected chi connectivity index (χ2v) is 10.6. The van der Waals surface area contributed by atoms with E-state index in [1.807, 2.05) is 0 Å². The molecule has 0 aliphatic rings. The number of rotatable bonds is 5. The van der Waals surface area contributed by atoms with Crippen molar-refractivity contribution >= 4 is 20.0 Å². The lowest BCUT2D eigenvalue weighted by Gasteiger charge is -2.18. The van der Waals surface area contributed by atoms with E-state index in [2.05, 4.69) is 12.0 Å². The maximum Gasteiger partial charge on any atom is 0.284 e. The second kappa shape index (κ2) is 8.84. The number of hydrogen-bond donors (Lipinski definition) is 0. The van der Waals surface area contributed by atoms with Crippen molar-refractivity contribution < 1.29 is 21.6 Å². The molecule has 0 aliphatic carbocycles. The van der Waals surface area contributed by atoms with E-state index < -0.39 is 20.0 Å². The predicted octanol–water partition coefficient (Wildman–Crippen LogP) is 3.70. The Hall–Kier alpha value is -3.28. The van der Waals surface area contributed by atoms with Crippen LogP contribution in [0.1, 0.15) is 16.7 Å². The van der Waals surface area contributed by atoms with Crippen molar-refractivity contribution in [3.05, 3.63) is 89.5 Å². The molecule has 0 amide bonds. The molecule has 0 bridgehead atoms. The second-order valence-electron chi connectivity index (χ2n) is 6.80. The van der Waals surface area contributed by atoms with E-state index in [0.29, 0.717) is 11.3 Å². The fourth-order valence-electron chi connectivity index (χ4n) is 2.67. The minimum atomic E-state index is -4.48. The predicted molar refractivity (Wildman–Crippen MR) is 118 cm³/mol. The van der Waals surface area contributed by atoms with Crippen molar-refractivity contribution in [2.75, 3.05) is 7.11 Å². The summed E-state index contributed by atoms with van der Waals surface area (Å²) >= 11 is 0. The molecular weight excluding hydrogens is 434 g/mol. The Bertz CT molecular complexity index is 1270. The first-order chi connectivity index (χ1) is 14.6. The van der Waals surface area contributed by atoms with Gasteiger partial charge in [0.05, 0.1) is 16.9 Å². The molecule has 0 aliphatic heterocycles. The standard InChI is InChI=1S/C23H21NO5S2/c1-18-7-11-22(12-8-18)30(25,26)24(16-15-20-5-4-6-21(17-20)29-3)31(27,28)23-13-9-19(2)10-14-23/h4-14,17H,1-3H3. The van der Waals surface area contributed by atoms with Crippen LogP contribution >= 0.6 is 0 Å². The largest absolute Gasteiger partial charge is 0.497 e. The normalized spacial score (nSPS) is 11.3. The Balaban J connectivity index is 2.17. The number of aryl methyl sites for hydroxylation is 2. The Morgan fingerprint density at radius 1 is 0.742 bits per heavy atom. The van der Waals surface area contributed by atoms with Crippen LogP contribution in [0.15, 0.2) is 82.6 Å². The summed E-state index contributed by atoms with van der Waals surface area (Å²) in [4.78, 5) is -0.345. The molecule has 0 aromatic heterocycles. The van der Waals surface area contributed by atoms with Crippen molar-refractivity contribution in [2.24, 2.45) is 0 Å². The van der Waals surface area contributed by atoms with E-state index in [1.165, 1.54) is 31.4 Å². The monoisotopic (exact) mass is 455 g/mol. The van der Waals surface area contributed by atoms with Crippen molar-refractivity contribution in [1.29, 1.82) is 0 Å². The number of sulfonamides is 2. The fraction of sp³-hybridized carbons (Fsp3) is 0.130. The molecule has 160 valence electrons. The summed E-state index contributed by atoms with van der Waals surface area (Å²) in [5.41, 5.74) is 2.09. The van der Waals surface area contributed by atoms with Crippen molar-refractivity contribution in [3.8, 4) is 17.7 Å². The average molecular weight is 456 g/mol. The molecule has 3 rings (SSSR count). The minimum Gasteiger partial charge on any atom is -0.497 e. The van der Waals surface area contributed by atoms with E-state index in [9.17, 15) is 16.8 Å². The van der Waals surface area contributed by atoms with Crippen LogP contribution in [0.4, 0.5) is 0 Å². The SMILES string of the molecule is COc1cccc(C#CN(S(=O)(=O)c2ccc(C)cc2)S(=O)(=O)c2ccc(C)cc2)c1. The van der Waals surface area contributed by atoms with Crippen LogP contribution in [0.2, 0.25) is 0 Å². The Morgan fingerprint density at radius 2 is 1.23 bits per heavy atom. The van der Waals surface area contributed by atoms with Gasteiger partial charge >= 0.3 is 0 Å². The average Bonchev–Trinajstić information content (AvgIpc) is 2.74. The summed E-state index contributed by atoms with van der Waals surface area (Å²) in [6, 6.07) is 20.8. The molecule has 0 radical (unpaired) electrons. The molecule has 0 unspecified atom stereocenters. The maximum atomic E-state index is 13.3. The van der Waals surface area contributed by atoms with E-state index in [0.717, 1.165) is 11.1 Å². The quantitative estimate of drug-likeness (QED) is 0.433. The van der Waals surface area contributed by atoms with Crippen molar-refractivity contribution in [1.82, 2.24) is 3.71 Å². The number of hydrogen-bond acceptors (Lipinski definition) is 5. The minimum absolute atomic E-state index is 0.172. The zero-order valence-electron chi connectivity index (χ0n) is 17.2. The topological polar surface area (TPSA) is 80.8 Å². The summed E-state index contributed by atoms with van der Waals surface area (Å²) in [6.07, 6.45) is 0. The summed E-state index contributed by atoms with van der Waals surface area (Å²) in [5.74, 6) is 3.15. The lowest BCUT2D eigenvalue weighted by molar-refractivity contribution is 0.414. The van der Waals surface area contributed by atoms with Gasteiger partial charge in [-0.1, -0.05) is 41.5 Å². The third kappa shape index (κ3) is 4.90. The molecule has 0 atom stereocenters. The Kier molecular flexibility index (Phi) is 6.39. The first-order valence-corrected chi connectivity index (χ1v) is 12.1. The summed E-state index contributed by atoms with van der Waals surface area (Å²) < 4.78 is 58.5. The van der Waals surface area contributed by atoms with E-state index >= 15 is 0 Å². The molecular formula is C23H21NO5S2. The fourth-order valence-corrected chi connectivity index (χ4v) is 5.90. The van der Waals surface area contributed by atoms with Crippen LogP contribution in [0.3, 0.4) is 0 Å². The van der Waals surface area contributed by atoms with E-state index in [4.69, 9.17) is 4.74 Å². The van der Waals surface area contributed by atoms with Gasteiger partial charge in [-0.3, -0.25) is 0 Å². The number of methoxy groups -OCH3 is 1. The third-order valence-corrected chi connectivity index (χ3v) is 8.40. The highest BCUT2D eigenvalue weighted by molar-refractivity contribution is 8.04. The lowest BCUT2D eigenvalue weighted by atomic mass is 10.2. The lowest BCUT2D eigenvalue weighted by Crippen LogP contribution is -2.33. The molecule has 31 heavy (non-hydrogen) atoms. The van der Waals surface area contributed by atoms with Gasteiger partial charge in [-0.2, -0.15) is 16.8 Å². The van der Waals surface area contributed by atoms with Gasteiger partial charge in [-0.15, -0.1) is 3.71 Å². The van der Waals surface area contributed by atoms with Crippen LogP contribution in [-0.4, -0.2) is 27.7 Å². The summed E-state index contributed by atoms with van der Waals surface area (Å²) in [5, 5.41) is 0. The number of benzene rings is 3. The zero-order chi connectivity index (χ0) is 22.6. The third-order valence-electron chi connectivity index (χ3n) is 4.44. The van der Waals surface area contributed by atoms with Crippen LogP contribution in [0.25, 0.3) is 0 Å². The van der Waals surface area contributed by atoms with Gasteiger partial charge in [0.15, 0.2) is 0 Å². The van der Waals surface area contributed by atoms with Gasteiger partial charge in [0, 0.05) is 11.6 Å². The van der Waals surface area contributed by atoms with Crippen LogP contribution in [-0.2, 0) is 20.0 Å². The summed E-state index contributed by atoms with van der Waals surface area (Å²) in [6.45, 7) is 3.61. The van der Waals surface area contributed by atoms with Crippen LogP contribution < -0.4 is 4.74 Å². The molecule has 3 aromatic carbocycles. The van der Waals surface area contributed by atoms with Gasteiger partial charge in [0.1, 0.15) is 5.75 Å². The molecule has 0 saturated heterocycles. The molecule has 0 spiro atoms. The highest BCUT2D eigenvalue weighted by Crippen LogP contribution is 2.24. The zero-order valence-corrected chi connectivity index (χ0v) is 18.9. The van der Waals surface area contributed by atoms with Gasteiger partial charge in [0.2, 0.25) is 0 Å². The van der Waals surface area contributed by atoms with E-state index in [-0.39, 0.29) is 13.5 Å². The summed E-state index contributed by atoms with van der Waals surface area (Å²) in [7, 11) is -7.47. The number of nitrogens with zero attached hydrogens (tertiary/aromatic N) is 1. The first kappa shape index (κ1) is 22.4. The van der Waals surface area contributed by atoms with Crippen molar-refractivity contribution in [3.63, 3.8) is 0 Å². The maximum absolute atomic E-state index is 13.3. The Labute approximate surface area is 183 Å². The molecule has 0 heterocycles. The number of ether oxygens (including phenoxy) is 1. The van der Waals surface area contributed by atoms with Crippen LogP contribution in [0.5, 0.6) is 5.75 Å². The van der Waals surface area contributed by atoms with E-state index in [1.54, 1.807) is 62.4 Å². The molecule has 0 fully saturated rings. The molecule has 3 aromatic rings. The smallest absolute Gasteiger partial charge is 0.284 e. The highest BCUT2D eigenvalue weighted by Gasteiger charge is 2.34. The van der Waals surface area contributed by atoms with Gasteiger partial charge in [-0.05, 0) is 62.2 Å². The van der Waals surface area contributed by atoms with Gasteiger partial charge in [0.25, 0.3) is 20.0 Å². The molecule has 8 heteroatoms. The molecule has 0 saturated carbocycles. The first-order valence-electron chi connectivity index (χ1n) is 9.24. The van der Waals surface area contributed by atoms with Crippen LogP contribution in [0, 0.1) is 25.8 Å². The van der Waals surface area contributed by atoms with Gasteiger partial charge in [-0.25, -0.2) is 0 Å². The Morgan fingerprint density at radius 3 is 1.68 bits per heavy atom. The molecule has 6 nitrogen and oxygen atoms in total. The molecule has 0 N–H and O–H groups in total.